The van der Waals surface area contributed by atoms with Crippen LogP contribution in [0.2, 0.25) is 0 Å². The van der Waals surface area contributed by atoms with Gasteiger partial charge in [0.15, 0.2) is 0 Å². The summed E-state index contributed by atoms with van der Waals surface area (Å²) in [7, 11) is 4.13. The summed E-state index contributed by atoms with van der Waals surface area (Å²) in [5, 5.41) is 3.68. The molecule has 0 bridgehead atoms. The van der Waals surface area contributed by atoms with Gasteiger partial charge in [-0.3, -0.25) is 5.32 Å². The maximum Gasteiger partial charge on any atom is 0.134 e. The molecule has 2 fully saturated rings. The Bertz CT molecular complexity index is 415. The van der Waals surface area contributed by atoms with E-state index in [9.17, 15) is 0 Å². The number of nitrogens with zero attached hydrogens (tertiary/aromatic N) is 1. The van der Waals surface area contributed by atoms with Crippen LogP contribution in [-0.4, -0.2) is 26.7 Å². The highest BCUT2D eigenvalue weighted by Gasteiger charge is 2.32. The number of rotatable bonds is 2. The second-order valence-electron chi connectivity index (χ2n) is 6.02. The molecular formula is C16H24N2O. The molecule has 104 valence electrons. The fourth-order valence-electron chi connectivity index (χ4n) is 3.23. The Hall–Kier alpha value is -1.06. The lowest BCUT2D eigenvalue weighted by molar-refractivity contribution is -0.0640. The summed E-state index contributed by atoms with van der Waals surface area (Å²) in [5.74, 6) is 0.728. The van der Waals surface area contributed by atoms with Crippen LogP contribution in [-0.2, 0) is 4.74 Å². The first kappa shape index (κ1) is 12.9. The Labute approximate surface area is 115 Å². The number of nitrogens with one attached hydrogen (secondary N) is 1. The van der Waals surface area contributed by atoms with Crippen molar-refractivity contribution in [3.05, 3.63) is 29.8 Å². The van der Waals surface area contributed by atoms with E-state index in [-0.39, 0.29) is 6.23 Å². The van der Waals surface area contributed by atoms with Crippen molar-refractivity contribution in [3.63, 3.8) is 0 Å². The molecule has 1 N–H and O–H groups in total. The molecule has 3 atom stereocenters. The summed E-state index contributed by atoms with van der Waals surface area (Å²) in [6, 6.07) is 9.33. The van der Waals surface area contributed by atoms with E-state index in [0.717, 1.165) is 12.5 Å². The zero-order valence-electron chi connectivity index (χ0n) is 11.9. The van der Waals surface area contributed by atoms with E-state index in [1.807, 2.05) is 0 Å². The quantitative estimate of drug-likeness (QED) is 0.885. The smallest absolute Gasteiger partial charge is 0.134 e. The van der Waals surface area contributed by atoms with E-state index >= 15 is 0 Å². The van der Waals surface area contributed by atoms with Crippen molar-refractivity contribution < 1.29 is 4.74 Å². The van der Waals surface area contributed by atoms with Crippen LogP contribution < -0.4 is 10.2 Å². The molecule has 1 aliphatic heterocycles. The van der Waals surface area contributed by atoms with Crippen LogP contribution >= 0.6 is 0 Å². The molecule has 2 aliphatic rings. The summed E-state index contributed by atoms with van der Waals surface area (Å²) in [6.45, 7) is 0.914. The molecule has 0 radical (unpaired) electrons. The minimum absolute atomic E-state index is 0.0792. The van der Waals surface area contributed by atoms with Crippen LogP contribution in [0.25, 0.3) is 0 Å². The second kappa shape index (κ2) is 5.51. The lowest BCUT2D eigenvalue weighted by Gasteiger charge is -2.40. The minimum Gasteiger partial charge on any atom is -0.378 e. The lowest BCUT2D eigenvalue weighted by Crippen LogP contribution is -2.48. The van der Waals surface area contributed by atoms with Crippen molar-refractivity contribution in [2.75, 3.05) is 25.6 Å². The summed E-state index contributed by atoms with van der Waals surface area (Å²) in [4.78, 5) is 2.12. The molecule has 1 aliphatic carbocycles. The van der Waals surface area contributed by atoms with Gasteiger partial charge in [-0.1, -0.05) is 25.0 Å². The van der Waals surface area contributed by atoms with Crippen molar-refractivity contribution in [1.29, 1.82) is 0 Å². The Kier molecular flexibility index (Phi) is 3.76. The van der Waals surface area contributed by atoms with Gasteiger partial charge in [-0.25, -0.2) is 0 Å². The standard InChI is InChI=1S/C16H24N2O/c1-18(2)14-9-7-12(8-10-14)16-17-15-6-4-3-5-13(15)11-19-16/h7-10,13,15-17H,3-6,11H2,1-2H3. The number of hydrogen-bond donors (Lipinski definition) is 1. The van der Waals surface area contributed by atoms with Crippen LogP contribution in [0.15, 0.2) is 24.3 Å². The van der Waals surface area contributed by atoms with E-state index in [1.165, 1.54) is 36.9 Å². The summed E-state index contributed by atoms with van der Waals surface area (Å²) in [5.41, 5.74) is 2.48. The number of ether oxygens (including phenoxy) is 1. The van der Waals surface area contributed by atoms with E-state index in [0.29, 0.717) is 6.04 Å². The molecule has 0 aromatic heterocycles. The van der Waals surface area contributed by atoms with Gasteiger partial charge in [-0.15, -0.1) is 0 Å². The van der Waals surface area contributed by atoms with Crippen LogP contribution in [0, 0.1) is 5.92 Å². The van der Waals surface area contributed by atoms with E-state index < -0.39 is 0 Å². The number of benzene rings is 1. The SMILES string of the molecule is CN(C)c1ccc(C2NC3CCCCC3CO2)cc1. The molecule has 3 heteroatoms. The van der Waals surface area contributed by atoms with Gasteiger partial charge >= 0.3 is 0 Å². The first-order chi connectivity index (χ1) is 9.24. The fraction of sp³-hybridized carbons (Fsp3) is 0.625. The molecule has 0 amide bonds. The van der Waals surface area contributed by atoms with Crippen LogP contribution in [0.3, 0.4) is 0 Å². The summed E-state index contributed by atoms with van der Waals surface area (Å²) < 4.78 is 6.01. The molecule has 3 rings (SSSR count). The third-order valence-electron chi connectivity index (χ3n) is 4.46. The van der Waals surface area contributed by atoms with E-state index in [4.69, 9.17) is 4.74 Å². The zero-order chi connectivity index (χ0) is 13.2. The van der Waals surface area contributed by atoms with Gasteiger partial charge in [0, 0.05) is 25.8 Å². The highest BCUT2D eigenvalue weighted by Crippen LogP contribution is 2.32. The fourth-order valence-corrected chi connectivity index (χ4v) is 3.23. The first-order valence-corrected chi connectivity index (χ1v) is 7.39. The van der Waals surface area contributed by atoms with Crippen molar-refractivity contribution >= 4 is 5.69 Å². The van der Waals surface area contributed by atoms with E-state index in [1.54, 1.807) is 0 Å². The number of anilines is 1. The monoisotopic (exact) mass is 260 g/mol. The molecular weight excluding hydrogens is 236 g/mol. The number of hydrogen-bond acceptors (Lipinski definition) is 3. The molecule has 0 spiro atoms. The molecule has 1 heterocycles. The normalized spacial score (nSPS) is 30.7. The van der Waals surface area contributed by atoms with Gasteiger partial charge in [0.05, 0.1) is 6.61 Å². The molecule has 1 aromatic carbocycles. The molecule has 1 saturated carbocycles. The topological polar surface area (TPSA) is 24.5 Å². The Morgan fingerprint density at radius 3 is 2.58 bits per heavy atom. The Balaban J connectivity index is 1.69. The average Bonchev–Trinajstić information content (AvgIpc) is 2.47. The minimum atomic E-state index is 0.0792. The van der Waals surface area contributed by atoms with E-state index in [2.05, 4.69) is 48.6 Å². The number of fused-ring (bicyclic) bond motifs is 1. The van der Waals surface area contributed by atoms with Crippen LogP contribution in [0.1, 0.15) is 37.5 Å². The molecule has 3 unspecified atom stereocenters. The van der Waals surface area contributed by atoms with Crippen LogP contribution in [0.5, 0.6) is 0 Å². The van der Waals surface area contributed by atoms with Crippen molar-refractivity contribution in [1.82, 2.24) is 5.32 Å². The van der Waals surface area contributed by atoms with Gasteiger partial charge in [-0.2, -0.15) is 0 Å². The van der Waals surface area contributed by atoms with Crippen molar-refractivity contribution in [3.8, 4) is 0 Å². The Morgan fingerprint density at radius 2 is 1.84 bits per heavy atom. The van der Waals surface area contributed by atoms with Crippen molar-refractivity contribution in [2.45, 2.75) is 38.0 Å². The zero-order valence-corrected chi connectivity index (χ0v) is 11.9. The highest BCUT2D eigenvalue weighted by atomic mass is 16.5. The average molecular weight is 260 g/mol. The van der Waals surface area contributed by atoms with Crippen LogP contribution in [0.4, 0.5) is 5.69 Å². The second-order valence-corrected chi connectivity index (χ2v) is 6.02. The van der Waals surface area contributed by atoms with Gasteiger partial charge in [0.25, 0.3) is 0 Å². The summed E-state index contributed by atoms with van der Waals surface area (Å²) in [6.07, 6.45) is 5.44. The molecule has 1 aromatic rings. The largest absolute Gasteiger partial charge is 0.378 e. The predicted octanol–water partition coefficient (Wildman–Crippen LogP) is 2.93. The van der Waals surface area contributed by atoms with Crippen molar-refractivity contribution in [2.24, 2.45) is 5.92 Å². The third kappa shape index (κ3) is 2.77. The first-order valence-electron chi connectivity index (χ1n) is 7.39. The molecule has 3 nitrogen and oxygen atoms in total. The maximum atomic E-state index is 6.01. The van der Waals surface area contributed by atoms with Gasteiger partial charge < -0.3 is 9.64 Å². The Morgan fingerprint density at radius 1 is 1.11 bits per heavy atom. The maximum absolute atomic E-state index is 6.01. The molecule has 19 heavy (non-hydrogen) atoms. The molecule has 1 saturated heterocycles. The lowest BCUT2D eigenvalue weighted by atomic mass is 9.84. The predicted molar refractivity (Wildman–Crippen MR) is 78.3 cm³/mol. The highest BCUT2D eigenvalue weighted by molar-refractivity contribution is 5.46. The third-order valence-corrected chi connectivity index (χ3v) is 4.46. The van der Waals surface area contributed by atoms with Gasteiger partial charge in [0.2, 0.25) is 0 Å². The van der Waals surface area contributed by atoms with Gasteiger partial charge in [-0.05, 0) is 36.5 Å². The summed E-state index contributed by atoms with van der Waals surface area (Å²) >= 11 is 0. The van der Waals surface area contributed by atoms with Gasteiger partial charge in [0.1, 0.15) is 6.23 Å².